The molecule has 1 aliphatic rings. The van der Waals surface area contributed by atoms with Gasteiger partial charge in [-0.1, -0.05) is 39.1 Å². The summed E-state index contributed by atoms with van der Waals surface area (Å²) in [5.74, 6) is -2.01. The number of hydrogen-bond donors (Lipinski definition) is 1. The van der Waals surface area contributed by atoms with E-state index in [0.29, 0.717) is 21.4 Å². The number of halogens is 3. The second kappa shape index (κ2) is 8.94. The van der Waals surface area contributed by atoms with Gasteiger partial charge in [-0.3, -0.25) is 14.4 Å². The van der Waals surface area contributed by atoms with Crippen molar-refractivity contribution in [3.8, 4) is 0 Å². The molecule has 0 saturated carbocycles. The third-order valence-electron chi connectivity index (χ3n) is 4.13. The number of benzene rings is 2. The summed E-state index contributed by atoms with van der Waals surface area (Å²) in [5.41, 5.74) is 1.03. The summed E-state index contributed by atoms with van der Waals surface area (Å²) in [4.78, 5) is 37.9. The third-order valence-corrected chi connectivity index (χ3v) is 5.21. The van der Waals surface area contributed by atoms with Gasteiger partial charge in [0.05, 0.1) is 16.6 Å². The van der Waals surface area contributed by atoms with Crippen LogP contribution in [-0.4, -0.2) is 30.9 Å². The Morgan fingerprint density at radius 3 is 2.61 bits per heavy atom. The van der Waals surface area contributed by atoms with Gasteiger partial charge in [0.1, 0.15) is 0 Å². The molecule has 0 bridgehead atoms. The highest BCUT2D eigenvalue weighted by Gasteiger charge is 2.37. The number of carbonyl (C=O) groups is 3. The molecule has 3 rings (SSSR count). The fraction of sp³-hybridized carbons (Fsp3) is 0.211. The van der Waals surface area contributed by atoms with Gasteiger partial charge >= 0.3 is 5.97 Å². The van der Waals surface area contributed by atoms with E-state index in [4.69, 9.17) is 27.9 Å². The van der Waals surface area contributed by atoms with E-state index in [1.54, 1.807) is 42.5 Å². The second-order valence-electron chi connectivity index (χ2n) is 6.16. The quantitative estimate of drug-likeness (QED) is 0.641. The van der Waals surface area contributed by atoms with Crippen molar-refractivity contribution < 1.29 is 19.1 Å². The molecule has 0 aliphatic carbocycles. The van der Waals surface area contributed by atoms with Gasteiger partial charge in [-0.15, -0.1) is 0 Å². The molecule has 0 radical (unpaired) electrons. The summed E-state index contributed by atoms with van der Waals surface area (Å²) < 4.78 is 5.95. The molecule has 28 heavy (non-hydrogen) atoms. The molecule has 0 aromatic heterocycles. The average Bonchev–Trinajstić information content (AvgIpc) is 3.05. The van der Waals surface area contributed by atoms with Crippen LogP contribution in [0, 0.1) is 5.92 Å². The van der Waals surface area contributed by atoms with Crippen LogP contribution in [0.3, 0.4) is 0 Å². The van der Waals surface area contributed by atoms with E-state index in [0.717, 1.165) is 4.47 Å². The van der Waals surface area contributed by atoms with Crippen molar-refractivity contribution in [2.45, 2.75) is 6.42 Å². The van der Waals surface area contributed by atoms with E-state index in [-0.39, 0.29) is 18.9 Å². The van der Waals surface area contributed by atoms with E-state index >= 15 is 0 Å². The zero-order valence-electron chi connectivity index (χ0n) is 14.5. The minimum Gasteiger partial charge on any atom is -0.455 e. The lowest BCUT2D eigenvalue weighted by Gasteiger charge is -2.18. The first-order valence-electron chi connectivity index (χ1n) is 8.31. The summed E-state index contributed by atoms with van der Waals surface area (Å²) in [5, 5.41) is 3.42. The number of carbonyl (C=O) groups excluding carboxylic acids is 3. The smallest absolute Gasteiger partial charge is 0.311 e. The summed E-state index contributed by atoms with van der Waals surface area (Å²) in [6.07, 6.45) is -0.0179. The minimum absolute atomic E-state index is 0.0179. The summed E-state index contributed by atoms with van der Waals surface area (Å²) in [7, 11) is 0. The Balaban J connectivity index is 1.55. The van der Waals surface area contributed by atoms with Crippen LogP contribution in [0.15, 0.2) is 46.9 Å². The first kappa shape index (κ1) is 20.6. The van der Waals surface area contributed by atoms with Crippen LogP contribution >= 0.6 is 39.1 Å². The number of amides is 2. The van der Waals surface area contributed by atoms with Gasteiger partial charge < -0.3 is 15.0 Å². The Hall–Kier alpha value is -2.09. The van der Waals surface area contributed by atoms with Crippen LogP contribution in [0.25, 0.3) is 0 Å². The monoisotopic (exact) mass is 484 g/mol. The van der Waals surface area contributed by atoms with E-state index in [1.807, 2.05) is 0 Å². The second-order valence-corrected chi connectivity index (χ2v) is 7.92. The molecule has 2 aromatic rings. The van der Waals surface area contributed by atoms with Crippen LogP contribution in [0.5, 0.6) is 0 Å². The highest BCUT2D eigenvalue weighted by atomic mass is 79.9. The van der Waals surface area contributed by atoms with Crippen molar-refractivity contribution in [3.63, 3.8) is 0 Å². The first-order chi connectivity index (χ1) is 13.3. The largest absolute Gasteiger partial charge is 0.455 e. The van der Waals surface area contributed by atoms with Crippen LogP contribution in [-0.2, 0) is 19.1 Å². The van der Waals surface area contributed by atoms with Gasteiger partial charge in [-0.25, -0.2) is 0 Å². The lowest BCUT2D eigenvalue weighted by molar-refractivity contribution is -0.151. The molecule has 6 nitrogen and oxygen atoms in total. The third kappa shape index (κ3) is 5.04. The highest BCUT2D eigenvalue weighted by molar-refractivity contribution is 9.10. The maximum Gasteiger partial charge on any atom is 0.311 e. The van der Waals surface area contributed by atoms with Crippen molar-refractivity contribution in [2.24, 2.45) is 5.92 Å². The Bertz CT molecular complexity index is 921. The molecular weight excluding hydrogens is 471 g/mol. The topological polar surface area (TPSA) is 75.7 Å². The number of rotatable bonds is 5. The fourth-order valence-corrected chi connectivity index (χ4v) is 3.43. The fourth-order valence-electron chi connectivity index (χ4n) is 2.78. The Kier molecular flexibility index (Phi) is 6.59. The molecule has 0 spiro atoms. The first-order valence-corrected chi connectivity index (χ1v) is 9.86. The maximum absolute atomic E-state index is 12.3. The van der Waals surface area contributed by atoms with Crippen LogP contribution < -0.4 is 10.2 Å². The number of anilines is 2. The molecule has 1 fully saturated rings. The van der Waals surface area contributed by atoms with Gasteiger partial charge in [0.15, 0.2) is 6.61 Å². The number of nitrogens with zero attached hydrogens (tertiary/aromatic N) is 1. The molecule has 0 unspecified atom stereocenters. The standard InChI is InChI=1S/C19H15BrCl2N2O4/c20-12-1-4-14(5-2-12)23-17(25)10-28-19(27)11-7-18(26)24(9-11)16-8-13(21)3-6-15(16)22/h1-6,8,11H,7,9-10H2,(H,23,25)/t11-/m1/s1. The number of nitrogens with one attached hydrogen (secondary N) is 1. The van der Waals surface area contributed by atoms with Crippen molar-refractivity contribution >= 4 is 68.3 Å². The number of hydrogen-bond acceptors (Lipinski definition) is 4. The van der Waals surface area contributed by atoms with Gasteiger partial charge in [0, 0.05) is 28.1 Å². The number of esters is 1. The summed E-state index contributed by atoms with van der Waals surface area (Å²) in [6, 6.07) is 11.8. The molecule has 2 amide bonds. The van der Waals surface area contributed by atoms with E-state index in [9.17, 15) is 14.4 Å². The lowest BCUT2D eigenvalue weighted by atomic mass is 10.1. The zero-order valence-corrected chi connectivity index (χ0v) is 17.6. The van der Waals surface area contributed by atoms with Crippen molar-refractivity contribution in [2.75, 3.05) is 23.4 Å². The predicted octanol–water partition coefficient (Wildman–Crippen LogP) is 4.29. The molecular formula is C19H15BrCl2N2O4. The number of ether oxygens (including phenoxy) is 1. The van der Waals surface area contributed by atoms with Crippen molar-refractivity contribution in [1.82, 2.24) is 0 Å². The normalized spacial score (nSPS) is 16.2. The highest BCUT2D eigenvalue weighted by Crippen LogP contribution is 2.33. The maximum atomic E-state index is 12.3. The van der Waals surface area contributed by atoms with E-state index in [1.165, 1.54) is 4.90 Å². The SMILES string of the molecule is O=C(COC(=O)[C@@H]1CC(=O)N(c2cc(Cl)ccc2Cl)C1)Nc1ccc(Br)cc1. The summed E-state index contributed by atoms with van der Waals surface area (Å²) in [6.45, 7) is -0.316. The molecule has 1 heterocycles. The molecule has 9 heteroatoms. The molecule has 146 valence electrons. The molecule has 1 aliphatic heterocycles. The molecule has 2 aromatic carbocycles. The van der Waals surface area contributed by atoms with E-state index in [2.05, 4.69) is 21.2 Å². The average molecular weight is 486 g/mol. The summed E-state index contributed by atoms with van der Waals surface area (Å²) >= 11 is 15.4. The van der Waals surface area contributed by atoms with Crippen LogP contribution in [0.1, 0.15) is 6.42 Å². The Morgan fingerprint density at radius 1 is 1.18 bits per heavy atom. The zero-order chi connectivity index (χ0) is 20.3. The van der Waals surface area contributed by atoms with Crippen LogP contribution in [0.4, 0.5) is 11.4 Å². The van der Waals surface area contributed by atoms with Crippen LogP contribution in [0.2, 0.25) is 10.0 Å². The lowest BCUT2D eigenvalue weighted by Crippen LogP contribution is -2.28. The van der Waals surface area contributed by atoms with Gasteiger partial charge in [0.25, 0.3) is 5.91 Å². The van der Waals surface area contributed by atoms with E-state index < -0.39 is 24.4 Å². The molecule has 1 N–H and O–H groups in total. The molecule has 1 atom stereocenters. The molecule has 1 saturated heterocycles. The van der Waals surface area contributed by atoms with Crippen molar-refractivity contribution in [3.05, 3.63) is 57.0 Å². The van der Waals surface area contributed by atoms with Gasteiger partial charge in [-0.05, 0) is 42.5 Å². The Labute approximate surface area is 179 Å². The minimum atomic E-state index is -0.678. The Morgan fingerprint density at radius 2 is 1.89 bits per heavy atom. The van der Waals surface area contributed by atoms with Gasteiger partial charge in [-0.2, -0.15) is 0 Å². The van der Waals surface area contributed by atoms with Crippen molar-refractivity contribution in [1.29, 1.82) is 0 Å². The predicted molar refractivity (Wildman–Crippen MR) is 111 cm³/mol. The van der Waals surface area contributed by atoms with Gasteiger partial charge in [0.2, 0.25) is 5.91 Å².